The Bertz CT molecular complexity index is 647. The van der Waals surface area contributed by atoms with Crippen molar-refractivity contribution in [1.29, 1.82) is 0 Å². The Hall–Kier alpha value is -2.83. The third-order valence-corrected chi connectivity index (χ3v) is 4.28. The minimum atomic E-state index is -1.13. The van der Waals surface area contributed by atoms with Crippen molar-refractivity contribution in [3.05, 3.63) is 48.6 Å². The number of likely N-dealkylation sites (tertiary alicyclic amines) is 1. The van der Waals surface area contributed by atoms with Crippen LogP contribution < -0.4 is 5.32 Å². The van der Waals surface area contributed by atoms with Crippen LogP contribution in [0.5, 0.6) is 0 Å². The largest absolute Gasteiger partial charge is 0.465 e. The molecule has 7 nitrogen and oxygen atoms in total. The number of ether oxygens (including phenoxy) is 1. The van der Waals surface area contributed by atoms with E-state index in [4.69, 9.17) is 4.74 Å². The van der Waals surface area contributed by atoms with Crippen molar-refractivity contribution in [2.75, 3.05) is 13.2 Å². The van der Waals surface area contributed by atoms with Gasteiger partial charge in [0.2, 0.25) is 5.91 Å². The molecule has 1 aliphatic heterocycles. The lowest BCUT2D eigenvalue weighted by molar-refractivity contribution is -0.147. The minimum absolute atomic E-state index is 0.0463. The normalized spacial score (nSPS) is 17.8. The number of benzene rings is 1. The number of carbonyl (C=O) groups excluding carboxylic acids is 2. The molecule has 7 heteroatoms. The Morgan fingerprint density at radius 2 is 2.04 bits per heavy atom. The van der Waals surface area contributed by atoms with Crippen LogP contribution in [0.15, 0.2) is 43.0 Å². The van der Waals surface area contributed by atoms with Crippen molar-refractivity contribution < 1.29 is 24.2 Å². The summed E-state index contributed by atoms with van der Waals surface area (Å²) in [5.41, 5.74) is 0.868. The van der Waals surface area contributed by atoms with Crippen molar-refractivity contribution in [2.45, 2.75) is 37.8 Å². The number of nitrogens with one attached hydrogen (secondary N) is 1. The number of carbonyl (C=O) groups is 3. The van der Waals surface area contributed by atoms with Gasteiger partial charge in [0.25, 0.3) is 0 Å². The van der Waals surface area contributed by atoms with Crippen LogP contribution >= 0.6 is 0 Å². The van der Waals surface area contributed by atoms with E-state index in [2.05, 4.69) is 11.9 Å². The molecule has 1 aromatic rings. The molecule has 1 heterocycles. The van der Waals surface area contributed by atoms with Gasteiger partial charge in [-0.1, -0.05) is 43.0 Å². The smallest absolute Gasteiger partial charge is 0.407 e. The van der Waals surface area contributed by atoms with Gasteiger partial charge < -0.3 is 15.2 Å². The second-order valence-electron chi connectivity index (χ2n) is 6.16. The van der Waals surface area contributed by atoms with Gasteiger partial charge in [0, 0.05) is 13.0 Å². The molecule has 140 valence electrons. The molecule has 26 heavy (non-hydrogen) atoms. The first-order valence-electron chi connectivity index (χ1n) is 8.64. The van der Waals surface area contributed by atoms with Gasteiger partial charge in [-0.15, -0.1) is 0 Å². The highest BCUT2D eigenvalue weighted by atomic mass is 16.5. The summed E-state index contributed by atoms with van der Waals surface area (Å²) in [4.78, 5) is 37.5. The summed E-state index contributed by atoms with van der Waals surface area (Å²) >= 11 is 0. The Balaban J connectivity index is 2.10. The predicted molar refractivity (Wildman–Crippen MR) is 95.6 cm³/mol. The van der Waals surface area contributed by atoms with Crippen molar-refractivity contribution >= 4 is 18.0 Å². The fourth-order valence-corrected chi connectivity index (χ4v) is 2.99. The topological polar surface area (TPSA) is 95.9 Å². The van der Waals surface area contributed by atoms with Crippen LogP contribution in [0.25, 0.3) is 0 Å². The molecule has 1 unspecified atom stereocenters. The Morgan fingerprint density at radius 3 is 2.69 bits per heavy atom. The summed E-state index contributed by atoms with van der Waals surface area (Å²) in [6.07, 6.45) is 2.53. The molecule has 0 aliphatic carbocycles. The Labute approximate surface area is 152 Å². The number of carboxylic acid groups (broad SMARTS) is 1. The number of esters is 1. The minimum Gasteiger partial charge on any atom is -0.465 e. The molecule has 1 fully saturated rings. The van der Waals surface area contributed by atoms with Crippen LogP contribution in [0.4, 0.5) is 4.79 Å². The van der Waals surface area contributed by atoms with Crippen LogP contribution in [0, 0.1) is 0 Å². The van der Waals surface area contributed by atoms with Crippen molar-refractivity contribution in [2.24, 2.45) is 0 Å². The summed E-state index contributed by atoms with van der Waals surface area (Å²) < 4.78 is 5.09. The standard InChI is InChI=1S/C19H24N2O5/c1-2-12-26-18(23)15(13-14-8-4-3-5-9-14)20-17(22)16-10-6-7-11-21(16)19(24)25/h2-5,8-9,15-16H,1,6-7,10-13H2,(H,20,22)(H,24,25)/t15?,16-/m0/s1. The molecule has 1 aliphatic rings. The van der Waals surface area contributed by atoms with Crippen molar-refractivity contribution in [1.82, 2.24) is 10.2 Å². The fraction of sp³-hybridized carbons (Fsp3) is 0.421. The maximum absolute atomic E-state index is 12.6. The molecular weight excluding hydrogens is 336 g/mol. The number of hydrogen-bond donors (Lipinski definition) is 2. The molecule has 1 aromatic carbocycles. The van der Waals surface area contributed by atoms with Gasteiger partial charge in [0.05, 0.1) is 0 Å². The second kappa shape index (κ2) is 9.60. The SMILES string of the molecule is C=CCOC(=O)C(Cc1ccccc1)NC(=O)[C@@H]1CCCCN1C(=O)O. The number of piperidine rings is 1. The first kappa shape index (κ1) is 19.5. The van der Waals surface area contributed by atoms with Crippen LogP contribution in [-0.4, -0.2) is 53.2 Å². The average Bonchev–Trinajstić information content (AvgIpc) is 2.66. The molecule has 0 aromatic heterocycles. The highest BCUT2D eigenvalue weighted by Crippen LogP contribution is 2.18. The van der Waals surface area contributed by atoms with Gasteiger partial charge in [0.1, 0.15) is 18.7 Å². The molecular formula is C19H24N2O5. The lowest BCUT2D eigenvalue weighted by Gasteiger charge is -2.33. The van der Waals surface area contributed by atoms with E-state index >= 15 is 0 Å². The zero-order valence-electron chi connectivity index (χ0n) is 14.6. The monoisotopic (exact) mass is 360 g/mol. The zero-order chi connectivity index (χ0) is 18.9. The lowest BCUT2D eigenvalue weighted by atomic mass is 10.0. The predicted octanol–water partition coefficient (Wildman–Crippen LogP) is 1.98. The van der Waals surface area contributed by atoms with Crippen molar-refractivity contribution in [3.8, 4) is 0 Å². The lowest BCUT2D eigenvalue weighted by Crippen LogP contribution is -2.55. The molecule has 2 amide bonds. The average molecular weight is 360 g/mol. The maximum atomic E-state index is 12.6. The summed E-state index contributed by atoms with van der Waals surface area (Å²) in [5.74, 6) is -1.04. The van der Waals surface area contributed by atoms with Gasteiger partial charge in [-0.3, -0.25) is 9.69 Å². The Kier molecular flexibility index (Phi) is 7.20. The molecule has 2 atom stereocenters. The Morgan fingerprint density at radius 1 is 1.31 bits per heavy atom. The van der Waals surface area contributed by atoms with E-state index < -0.39 is 30.1 Å². The van der Waals surface area contributed by atoms with Gasteiger partial charge in [-0.2, -0.15) is 0 Å². The van der Waals surface area contributed by atoms with E-state index in [1.807, 2.05) is 30.3 Å². The summed E-state index contributed by atoms with van der Waals surface area (Å²) in [6.45, 7) is 3.87. The summed E-state index contributed by atoms with van der Waals surface area (Å²) in [7, 11) is 0. The van der Waals surface area contributed by atoms with Crippen LogP contribution in [0.1, 0.15) is 24.8 Å². The highest BCUT2D eigenvalue weighted by molar-refractivity contribution is 5.89. The third-order valence-electron chi connectivity index (χ3n) is 4.28. The second-order valence-corrected chi connectivity index (χ2v) is 6.16. The van der Waals surface area contributed by atoms with Crippen molar-refractivity contribution in [3.63, 3.8) is 0 Å². The molecule has 2 rings (SSSR count). The van der Waals surface area contributed by atoms with E-state index in [9.17, 15) is 19.5 Å². The number of nitrogens with zero attached hydrogens (tertiary/aromatic N) is 1. The first-order chi connectivity index (χ1) is 12.5. The quantitative estimate of drug-likeness (QED) is 0.572. The molecule has 0 saturated carbocycles. The maximum Gasteiger partial charge on any atom is 0.407 e. The van der Waals surface area contributed by atoms with Gasteiger partial charge in [0.15, 0.2) is 0 Å². The molecule has 0 radical (unpaired) electrons. The summed E-state index contributed by atoms with van der Waals surface area (Å²) in [6, 6.07) is 7.58. The van der Waals surface area contributed by atoms with Gasteiger partial charge >= 0.3 is 12.1 Å². The molecule has 0 bridgehead atoms. The van der Waals surface area contributed by atoms with Crippen LogP contribution in [0.3, 0.4) is 0 Å². The zero-order valence-corrected chi connectivity index (χ0v) is 14.6. The number of amides is 2. The molecule has 2 N–H and O–H groups in total. The molecule has 0 spiro atoms. The van der Waals surface area contributed by atoms with E-state index in [0.717, 1.165) is 23.3 Å². The van der Waals surface area contributed by atoms with Crippen LogP contribution in [-0.2, 0) is 20.7 Å². The number of rotatable bonds is 7. The van der Waals surface area contributed by atoms with E-state index in [0.29, 0.717) is 13.0 Å². The van der Waals surface area contributed by atoms with Crippen LogP contribution in [0.2, 0.25) is 0 Å². The first-order valence-corrected chi connectivity index (χ1v) is 8.64. The van der Waals surface area contributed by atoms with E-state index in [1.165, 1.54) is 6.08 Å². The fourth-order valence-electron chi connectivity index (χ4n) is 2.99. The highest BCUT2D eigenvalue weighted by Gasteiger charge is 2.34. The van der Waals surface area contributed by atoms with Gasteiger partial charge in [-0.25, -0.2) is 9.59 Å². The molecule has 1 saturated heterocycles. The number of hydrogen-bond acceptors (Lipinski definition) is 4. The van der Waals surface area contributed by atoms with E-state index in [1.54, 1.807) is 0 Å². The van der Waals surface area contributed by atoms with Gasteiger partial charge in [-0.05, 0) is 24.8 Å². The third kappa shape index (κ3) is 5.34. The summed E-state index contributed by atoms with van der Waals surface area (Å²) in [5, 5.41) is 12.0. The van der Waals surface area contributed by atoms with E-state index in [-0.39, 0.29) is 13.0 Å².